The van der Waals surface area contributed by atoms with Crippen molar-refractivity contribution >= 4 is 28.6 Å². The van der Waals surface area contributed by atoms with Crippen molar-refractivity contribution in [3.63, 3.8) is 0 Å². The highest BCUT2D eigenvalue weighted by molar-refractivity contribution is 6.10. The van der Waals surface area contributed by atoms with Crippen LogP contribution in [-0.4, -0.2) is 35.8 Å². The van der Waals surface area contributed by atoms with Gasteiger partial charge in [0.25, 0.3) is 5.91 Å². The van der Waals surface area contributed by atoms with Crippen LogP contribution in [0.5, 0.6) is 0 Å². The van der Waals surface area contributed by atoms with Gasteiger partial charge in [0, 0.05) is 27.7 Å². The van der Waals surface area contributed by atoms with Gasteiger partial charge in [-0.3, -0.25) is 14.4 Å². The Labute approximate surface area is 156 Å². The summed E-state index contributed by atoms with van der Waals surface area (Å²) in [7, 11) is 0. The Bertz CT molecular complexity index is 1020. The van der Waals surface area contributed by atoms with Gasteiger partial charge in [-0.05, 0) is 32.0 Å². The minimum absolute atomic E-state index is 0.289. The molecule has 0 atom stereocenters. The third kappa shape index (κ3) is 4.23. The predicted molar refractivity (Wildman–Crippen MR) is 102 cm³/mol. The number of para-hydroxylation sites is 1. The molecule has 0 unspecified atom stereocenters. The van der Waals surface area contributed by atoms with Gasteiger partial charge in [-0.2, -0.15) is 0 Å². The van der Waals surface area contributed by atoms with E-state index in [9.17, 15) is 14.4 Å². The number of aryl methyl sites for hydroxylation is 2. The molecule has 27 heavy (non-hydrogen) atoms. The molecule has 2 N–H and O–H groups in total. The molecule has 0 fully saturated rings. The van der Waals surface area contributed by atoms with Crippen molar-refractivity contribution in [3.05, 3.63) is 70.9 Å². The van der Waals surface area contributed by atoms with Crippen LogP contribution >= 0.6 is 0 Å². The standard InChI is InChI=1S/C21H20N2O4/c1-13-6-5-7-15(10-13)21(26)22-11-19(25)27-12-18(24)20-14(2)23-17-9-4-3-8-16(17)20/h3-10,23H,11-12H2,1-2H3,(H,22,26). The molecule has 138 valence electrons. The lowest BCUT2D eigenvalue weighted by Crippen LogP contribution is -2.31. The molecular weight excluding hydrogens is 344 g/mol. The third-order valence-corrected chi connectivity index (χ3v) is 4.21. The number of ether oxygens (including phenoxy) is 1. The van der Waals surface area contributed by atoms with Crippen molar-refractivity contribution < 1.29 is 19.1 Å². The fraction of sp³-hybridized carbons (Fsp3) is 0.190. The first-order chi connectivity index (χ1) is 13.0. The zero-order valence-corrected chi connectivity index (χ0v) is 15.2. The van der Waals surface area contributed by atoms with Crippen LogP contribution in [0.3, 0.4) is 0 Å². The molecule has 0 spiro atoms. The lowest BCUT2D eigenvalue weighted by Gasteiger charge is -2.07. The number of H-pyrrole nitrogens is 1. The van der Waals surface area contributed by atoms with Crippen molar-refractivity contribution in [2.75, 3.05) is 13.2 Å². The lowest BCUT2D eigenvalue weighted by molar-refractivity contribution is -0.141. The molecule has 3 aromatic rings. The zero-order chi connectivity index (χ0) is 19.4. The average Bonchev–Trinajstić information content (AvgIpc) is 2.99. The molecule has 0 bridgehead atoms. The summed E-state index contributed by atoms with van der Waals surface area (Å²) in [6.07, 6.45) is 0. The second-order valence-corrected chi connectivity index (χ2v) is 6.31. The average molecular weight is 364 g/mol. The molecule has 0 aliphatic heterocycles. The Hall–Kier alpha value is -3.41. The molecule has 1 heterocycles. The molecule has 0 saturated carbocycles. The Balaban J connectivity index is 1.55. The number of nitrogens with one attached hydrogen (secondary N) is 2. The van der Waals surface area contributed by atoms with E-state index in [1.807, 2.05) is 37.3 Å². The van der Waals surface area contributed by atoms with Gasteiger partial charge in [0.2, 0.25) is 5.78 Å². The van der Waals surface area contributed by atoms with Crippen molar-refractivity contribution in [2.24, 2.45) is 0 Å². The maximum atomic E-state index is 12.5. The second-order valence-electron chi connectivity index (χ2n) is 6.31. The number of aromatic nitrogens is 1. The molecule has 2 aromatic carbocycles. The van der Waals surface area contributed by atoms with E-state index in [2.05, 4.69) is 10.3 Å². The van der Waals surface area contributed by atoms with Crippen molar-refractivity contribution in [3.8, 4) is 0 Å². The van der Waals surface area contributed by atoms with Gasteiger partial charge in [0.15, 0.2) is 6.61 Å². The van der Waals surface area contributed by atoms with E-state index < -0.39 is 5.97 Å². The van der Waals surface area contributed by atoms with Crippen LogP contribution < -0.4 is 5.32 Å². The Morgan fingerprint density at radius 1 is 1.04 bits per heavy atom. The quantitative estimate of drug-likeness (QED) is 0.520. The summed E-state index contributed by atoms with van der Waals surface area (Å²) in [6.45, 7) is 3.01. The Kier molecular flexibility index (Phi) is 5.35. The van der Waals surface area contributed by atoms with Crippen molar-refractivity contribution in [2.45, 2.75) is 13.8 Å². The number of carbonyl (C=O) groups excluding carboxylic acids is 3. The maximum Gasteiger partial charge on any atom is 0.325 e. The first kappa shape index (κ1) is 18.4. The summed E-state index contributed by atoms with van der Waals surface area (Å²) in [6, 6.07) is 14.5. The molecule has 3 rings (SSSR count). The van der Waals surface area contributed by atoms with E-state index in [0.717, 1.165) is 22.2 Å². The first-order valence-corrected chi connectivity index (χ1v) is 8.56. The number of esters is 1. The molecule has 1 aromatic heterocycles. The van der Waals surface area contributed by atoms with Crippen LogP contribution in [0, 0.1) is 13.8 Å². The Morgan fingerprint density at radius 3 is 2.59 bits per heavy atom. The van der Waals surface area contributed by atoms with Crippen LogP contribution in [-0.2, 0) is 9.53 Å². The summed E-state index contributed by atoms with van der Waals surface area (Å²) < 4.78 is 5.02. The number of benzene rings is 2. The smallest absolute Gasteiger partial charge is 0.325 e. The highest BCUT2D eigenvalue weighted by atomic mass is 16.5. The number of fused-ring (bicyclic) bond motifs is 1. The minimum Gasteiger partial charge on any atom is -0.456 e. The maximum absolute atomic E-state index is 12.5. The third-order valence-electron chi connectivity index (χ3n) is 4.21. The van der Waals surface area contributed by atoms with E-state index in [-0.39, 0.29) is 24.8 Å². The number of aromatic amines is 1. The largest absolute Gasteiger partial charge is 0.456 e. The van der Waals surface area contributed by atoms with Gasteiger partial charge in [0.05, 0.1) is 0 Å². The summed E-state index contributed by atoms with van der Waals surface area (Å²) in [5.74, 6) is -1.32. The van der Waals surface area contributed by atoms with Gasteiger partial charge in [-0.15, -0.1) is 0 Å². The predicted octanol–water partition coefficient (Wildman–Crippen LogP) is 2.94. The summed E-state index contributed by atoms with van der Waals surface area (Å²) in [4.78, 5) is 39.5. The van der Waals surface area contributed by atoms with Crippen LogP contribution in [0.2, 0.25) is 0 Å². The molecule has 0 aliphatic carbocycles. The molecular formula is C21H20N2O4. The first-order valence-electron chi connectivity index (χ1n) is 8.56. The highest BCUT2D eigenvalue weighted by Gasteiger charge is 2.17. The van der Waals surface area contributed by atoms with Crippen LogP contribution in [0.15, 0.2) is 48.5 Å². The number of rotatable bonds is 6. The van der Waals surface area contributed by atoms with E-state index in [1.165, 1.54) is 0 Å². The normalized spacial score (nSPS) is 10.6. The van der Waals surface area contributed by atoms with E-state index in [1.54, 1.807) is 25.1 Å². The zero-order valence-electron chi connectivity index (χ0n) is 15.2. The summed E-state index contributed by atoms with van der Waals surface area (Å²) >= 11 is 0. The molecule has 0 saturated heterocycles. The number of Topliss-reactive ketones (excluding diaryl/α,β-unsaturated/α-hetero) is 1. The second kappa shape index (κ2) is 7.86. The molecule has 6 nitrogen and oxygen atoms in total. The van der Waals surface area contributed by atoms with Crippen LogP contribution in [0.4, 0.5) is 0 Å². The van der Waals surface area contributed by atoms with Gasteiger partial charge in [0.1, 0.15) is 6.54 Å². The summed E-state index contributed by atoms with van der Waals surface area (Å²) in [5, 5.41) is 3.29. The van der Waals surface area contributed by atoms with Gasteiger partial charge in [-0.25, -0.2) is 0 Å². The number of hydrogen-bond donors (Lipinski definition) is 2. The van der Waals surface area contributed by atoms with E-state index >= 15 is 0 Å². The van der Waals surface area contributed by atoms with Crippen LogP contribution in [0.25, 0.3) is 10.9 Å². The SMILES string of the molecule is Cc1cccc(C(=O)NCC(=O)OCC(=O)c2c(C)[nH]c3ccccc23)c1. The van der Waals surface area contributed by atoms with Crippen LogP contribution in [0.1, 0.15) is 32.0 Å². The van der Waals surface area contributed by atoms with Gasteiger partial charge in [-0.1, -0.05) is 35.9 Å². The van der Waals surface area contributed by atoms with E-state index in [4.69, 9.17) is 4.74 Å². The lowest BCUT2D eigenvalue weighted by atomic mass is 10.1. The number of carbonyl (C=O) groups is 3. The Morgan fingerprint density at radius 2 is 1.81 bits per heavy atom. The van der Waals surface area contributed by atoms with Crippen molar-refractivity contribution in [1.82, 2.24) is 10.3 Å². The summed E-state index contributed by atoms with van der Waals surface area (Å²) in [5.41, 5.74) is 3.51. The van der Waals surface area contributed by atoms with Crippen molar-refractivity contribution in [1.29, 1.82) is 0 Å². The fourth-order valence-electron chi connectivity index (χ4n) is 2.95. The molecule has 1 amide bonds. The molecule has 6 heteroatoms. The topological polar surface area (TPSA) is 88.3 Å². The molecule has 0 aliphatic rings. The monoisotopic (exact) mass is 364 g/mol. The number of ketones is 1. The number of amides is 1. The highest BCUT2D eigenvalue weighted by Crippen LogP contribution is 2.22. The van der Waals surface area contributed by atoms with Gasteiger partial charge >= 0.3 is 5.97 Å². The van der Waals surface area contributed by atoms with Gasteiger partial charge < -0.3 is 15.0 Å². The fourth-order valence-corrected chi connectivity index (χ4v) is 2.95. The minimum atomic E-state index is -0.665. The van der Waals surface area contributed by atoms with E-state index in [0.29, 0.717) is 11.1 Å². The molecule has 0 radical (unpaired) electrons. The number of hydrogen-bond acceptors (Lipinski definition) is 4.